The minimum atomic E-state index is -0.993. The van der Waals surface area contributed by atoms with Crippen LogP contribution in [0.25, 0.3) is 11.1 Å². The molecule has 13 heteroatoms. The lowest BCUT2D eigenvalue weighted by Gasteiger charge is -2.26. The molecular weight excluding hydrogens is 697 g/mol. The third-order valence-electron chi connectivity index (χ3n) is 8.72. The minimum absolute atomic E-state index is 0.0624. The fourth-order valence-corrected chi connectivity index (χ4v) is 5.91. The van der Waals surface area contributed by atoms with Gasteiger partial charge < -0.3 is 38.1 Å². The van der Waals surface area contributed by atoms with E-state index < -0.39 is 35.8 Å². The average molecular weight is 747 g/mol. The van der Waals surface area contributed by atoms with Gasteiger partial charge in [-0.1, -0.05) is 105 Å². The Bertz CT molecular complexity index is 1930. The summed E-state index contributed by atoms with van der Waals surface area (Å²) in [4.78, 5) is 70.7. The third kappa shape index (κ3) is 13.1. The molecule has 0 heterocycles. The van der Waals surface area contributed by atoms with Crippen LogP contribution in [0.15, 0.2) is 114 Å². The summed E-state index contributed by atoms with van der Waals surface area (Å²) in [5.41, 5.74) is 14.4. The van der Waals surface area contributed by atoms with Crippen LogP contribution in [0.2, 0.25) is 0 Å². The SMILES string of the molecule is CC(=O)NC(CCCN=C(N)N)C(=O)Nc1ccc(C(=O)NC(C(=O)NC(Cc2ccccc2)C(=O)NCc2ccccc2)C(C)C)c(-c2ccccc2)c1. The molecule has 3 atom stereocenters. The Morgan fingerprint density at radius 3 is 1.91 bits per heavy atom. The maximum Gasteiger partial charge on any atom is 0.252 e. The van der Waals surface area contributed by atoms with Gasteiger partial charge in [-0.15, -0.1) is 0 Å². The zero-order valence-corrected chi connectivity index (χ0v) is 31.4. The third-order valence-corrected chi connectivity index (χ3v) is 8.72. The van der Waals surface area contributed by atoms with Crippen molar-refractivity contribution < 1.29 is 24.0 Å². The standard InChI is InChI=1S/C42H50N8O5/c1-27(2)37(41(55)49-36(24-29-14-7-4-8-15-29)39(53)46-26-30-16-9-5-10-17-30)50-38(52)33-22-21-32(25-34(33)31-18-11-6-12-19-31)48-40(54)35(47-28(3)51)20-13-23-45-42(43)44/h4-12,14-19,21-22,25,27,35-37H,13,20,23-24,26H2,1-3H3,(H,46,53)(H,47,51)(H,48,54)(H,49,55)(H,50,52)(H4,43,44,45). The Morgan fingerprint density at radius 2 is 1.31 bits per heavy atom. The maximum atomic E-state index is 14.1. The Hall–Kier alpha value is -6.50. The molecule has 0 saturated carbocycles. The van der Waals surface area contributed by atoms with E-state index in [9.17, 15) is 24.0 Å². The monoisotopic (exact) mass is 746 g/mol. The highest BCUT2D eigenvalue weighted by molar-refractivity contribution is 6.05. The lowest BCUT2D eigenvalue weighted by molar-refractivity contribution is -0.130. The minimum Gasteiger partial charge on any atom is -0.370 e. The van der Waals surface area contributed by atoms with E-state index in [2.05, 4.69) is 31.6 Å². The average Bonchev–Trinajstić information content (AvgIpc) is 3.17. The van der Waals surface area contributed by atoms with Crippen molar-refractivity contribution in [2.45, 2.75) is 64.7 Å². The van der Waals surface area contributed by atoms with Gasteiger partial charge >= 0.3 is 0 Å². The summed E-state index contributed by atoms with van der Waals surface area (Å²) in [6.45, 7) is 5.53. The van der Waals surface area contributed by atoms with Gasteiger partial charge in [0.2, 0.25) is 23.6 Å². The molecule has 0 radical (unpaired) electrons. The summed E-state index contributed by atoms with van der Waals surface area (Å²) in [7, 11) is 0. The number of benzene rings is 4. The summed E-state index contributed by atoms with van der Waals surface area (Å²) in [5.74, 6) is -2.61. The molecule has 13 nitrogen and oxygen atoms in total. The first-order chi connectivity index (χ1) is 26.4. The number of nitrogens with one attached hydrogen (secondary N) is 5. The first-order valence-electron chi connectivity index (χ1n) is 18.2. The van der Waals surface area contributed by atoms with Crippen molar-refractivity contribution in [1.82, 2.24) is 21.3 Å². The van der Waals surface area contributed by atoms with Gasteiger partial charge in [-0.05, 0) is 59.2 Å². The van der Waals surface area contributed by atoms with E-state index in [0.29, 0.717) is 23.2 Å². The normalized spacial score (nSPS) is 12.4. The molecule has 0 bridgehead atoms. The van der Waals surface area contributed by atoms with E-state index in [0.717, 1.165) is 11.1 Å². The summed E-state index contributed by atoms with van der Waals surface area (Å²) in [6, 6.07) is 30.1. The molecule has 55 heavy (non-hydrogen) atoms. The fourth-order valence-electron chi connectivity index (χ4n) is 5.91. The number of carbonyl (C=O) groups excluding carboxylic acids is 5. The molecule has 0 aliphatic rings. The topological polar surface area (TPSA) is 210 Å². The zero-order chi connectivity index (χ0) is 39.7. The Kier molecular flexibility index (Phi) is 15.5. The quantitative estimate of drug-likeness (QED) is 0.0456. The molecule has 4 aromatic rings. The second kappa shape index (κ2) is 20.7. The number of nitrogens with two attached hydrogens (primary N) is 2. The highest BCUT2D eigenvalue weighted by Crippen LogP contribution is 2.28. The molecule has 0 spiro atoms. The van der Waals surface area contributed by atoms with Crippen molar-refractivity contribution in [2.75, 3.05) is 11.9 Å². The van der Waals surface area contributed by atoms with Crippen LogP contribution in [0.4, 0.5) is 5.69 Å². The molecule has 4 aromatic carbocycles. The van der Waals surface area contributed by atoms with Crippen LogP contribution < -0.4 is 38.1 Å². The lowest BCUT2D eigenvalue weighted by Crippen LogP contribution is -2.56. The second-order valence-corrected chi connectivity index (χ2v) is 13.5. The molecule has 0 aliphatic heterocycles. The van der Waals surface area contributed by atoms with Crippen molar-refractivity contribution in [3.63, 3.8) is 0 Å². The summed E-state index contributed by atoms with van der Waals surface area (Å²) >= 11 is 0. The number of amides is 5. The van der Waals surface area contributed by atoms with E-state index in [1.165, 1.54) is 6.92 Å². The second-order valence-electron chi connectivity index (χ2n) is 13.5. The van der Waals surface area contributed by atoms with Gasteiger partial charge in [0.05, 0.1) is 0 Å². The van der Waals surface area contributed by atoms with Gasteiger partial charge in [0.25, 0.3) is 5.91 Å². The highest BCUT2D eigenvalue weighted by atomic mass is 16.2. The molecule has 0 aliphatic carbocycles. The number of hydrogen-bond donors (Lipinski definition) is 7. The van der Waals surface area contributed by atoms with Gasteiger partial charge in [0, 0.05) is 37.7 Å². The zero-order valence-electron chi connectivity index (χ0n) is 31.4. The van der Waals surface area contributed by atoms with Crippen LogP contribution in [-0.4, -0.2) is 60.2 Å². The first kappa shape index (κ1) is 41.3. The number of carbonyl (C=O) groups is 5. The van der Waals surface area contributed by atoms with Crippen molar-refractivity contribution >= 4 is 41.2 Å². The van der Waals surface area contributed by atoms with Gasteiger partial charge in [-0.25, -0.2) is 0 Å². The molecule has 9 N–H and O–H groups in total. The van der Waals surface area contributed by atoms with Gasteiger partial charge in [0.1, 0.15) is 18.1 Å². The van der Waals surface area contributed by atoms with Crippen LogP contribution in [0.5, 0.6) is 0 Å². The van der Waals surface area contributed by atoms with E-state index >= 15 is 0 Å². The number of hydrogen-bond acceptors (Lipinski definition) is 6. The number of guanidine groups is 1. The van der Waals surface area contributed by atoms with E-state index in [1.54, 1.807) is 18.2 Å². The fraction of sp³-hybridized carbons (Fsp3) is 0.286. The number of anilines is 1. The molecule has 3 unspecified atom stereocenters. The summed E-state index contributed by atoms with van der Waals surface area (Å²) in [6.07, 6.45) is 0.977. The predicted molar refractivity (Wildman–Crippen MR) is 214 cm³/mol. The van der Waals surface area contributed by atoms with E-state index in [1.807, 2.05) is 105 Å². The highest BCUT2D eigenvalue weighted by Gasteiger charge is 2.30. The lowest BCUT2D eigenvalue weighted by atomic mass is 9.96. The van der Waals surface area contributed by atoms with Crippen LogP contribution in [-0.2, 0) is 32.1 Å². The van der Waals surface area contributed by atoms with Crippen molar-refractivity contribution in [3.8, 4) is 11.1 Å². The number of nitrogens with zero attached hydrogens (tertiary/aromatic N) is 1. The van der Waals surface area contributed by atoms with Gasteiger partial charge in [0.15, 0.2) is 5.96 Å². The van der Waals surface area contributed by atoms with Crippen molar-refractivity contribution in [3.05, 3.63) is 126 Å². The van der Waals surface area contributed by atoms with Crippen LogP contribution in [0.1, 0.15) is 55.1 Å². The maximum absolute atomic E-state index is 14.1. The van der Waals surface area contributed by atoms with Crippen LogP contribution in [0, 0.1) is 5.92 Å². The van der Waals surface area contributed by atoms with Gasteiger partial charge in [-0.2, -0.15) is 0 Å². The number of aliphatic imine (C=N–C) groups is 1. The molecule has 0 fully saturated rings. The van der Waals surface area contributed by atoms with Crippen molar-refractivity contribution in [2.24, 2.45) is 22.4 Å². The van der Waals surface area contributed by atoms with E-state index in [4.69, 9.17) is 11.5 Å². The summed E-state index contributed by atoms with van der Waals surface area (Å²) < 4.78 is 0. The molecule has 0 saturated heterocycles. The van der Waals surface area contributed by atoms with E-state index in [-0.39, 0.29) is 55.2 Å². The van der Waals surface area contributed by atoms with Crippen LogP contribution >= 0.6 is 0 Å². The largest absolute Gasteiger partial charge is 0.370 e. The van der Waals surface area contributed by atoms with Gasteiger partial charge in [-0.3, -0.25) is 29.0 Å². The molecule has 5 amide bonds. The van der Waals surface area contributed by atoms with Crippen molar-refractivity contribution in [1.29, 1.82) is 0 Å². The summed E-state index contributed by atoms with van der Waals surface area (Å²) in [5, 5.41) is 14.2. The Labute approximate surface area is 321 Å². The molecular formula is C42H50N8O5. The molecule has 0 aromatic heterocycles. The predicted octanol–water partition coefficient (Wildman–Crippen LogP) is 3.65. The smallest absolute Gasteiger partial charge is 0.252 e. The Balaban J connectivity index is 1.55. The van der Waals surface area contributed by atoms with Crippen LogP contribution in [0.3, 0.4) is 0 Å². The Morgan fingerprint density at radius 1 is 0.691 bits per heavy atom. The number of rotatable bonds is 18. The first-order valence-corrected chi connectivity index (χ1v) is 18.2. The molecule has 4 rings (SSSR count). The molecule has 288 valence electrons.